The van der Waals surface area contributed by atoms with Crippen molar-refractivity contribution in [3.8, 4) is 0 Å². The van der Waals surface area contributed by atoms with Gasteiger partial charge in [0.05, 0.1) is 0 Å². The van der Waals surface area contributed by atoms with Crippen LogP contribution in [-0.2, 0) is 4.79 Å². The number of urea groups is 1. The molecule has 3 amide bonds. The molecule has 0 aromatic heterocycles. The quantitative estimate of drug-likeness (QED) is 0.852. The summed E-state index contributed by atoms with van der Waals surface area (Å²) in [6.07, 6.45) is 5.34. The second-order valence-electron chi connectivity index (χ2n) is 7.87. The Bertz CT molecular complexity index is 397. The molecule has 2 aliphatic rings. The normalized spacial score (nSPS) is 20.9. The van der Waals surface area contributed by atoms with Crippen molar-refractivity contribution in [2.75, 3.05) is 32.7 Å². The molecule has 22 heavy (non-hydrogen) atoms. The highest BCUT2D eigenvalue weighted by atomic mass is 16.2. The second kappa shape index (κ2) is 7.34. The van der Waals surface area contributed by atoms with Crippen LogP contribution in [0.3, 0.4) is 0 Å². The van der Waals surface area contributed by atoms with E-state index in [1.54, 1.807) is 0 Å². The first-order valence-corrected chi connectivity index (χ1v) is 8.68. The van der Waals surface area contributed by atoms with Crippen LogP contribution in [-0.4, -0.2) is 54.5 Å². The van der Waals surface area contributed by atoms with Gasteiger partial charge in [0.1, 0.15) is 0 Å². The van der Waals surface area contributed by atoms with Gasteiger partial charge >= 0.3 is 6.03 Å². The van der Waals surface area contributed by atoms with Crippen LogP contribution in [0.4, 0.5) is 4.79 Å². The number of nitrogens with zero attached hydrogens (tertiary/aromatic N) is 2. The molecule has 5 heteroatoms. The Labute approximate surface area is 134 Å². The fraction of sp³-hybridized carbons (Fsp3) is 0.882. The summed E-state index contributed by atoms with van der Waals surface area (Å²) in [5, 5.41) is 3.00. The smallest absolute Gasteiger partial charge is 0.317 e. The zero-order valence-electron chi connectivity index (χ0n) is 14.4. The largest absolute Gasteiger partial charge is 0.341 e. The van der Waals surface area contributed by atoms with Crippen LogP contribution in [0.5, 0.6) is 0 Å². The van der Waals surface area contributed by atoms with Crippen molar-refractivity contribution in [3.05, 3.63) is 0 Å². The summed E-state index contributed by atoms with van der Waals surface area (Å²) < 4.78 is 0. The summed E-state index contributed by atoms with van der Waals surface area (Å²) in [5.41, 5.74) is 0.0893. The van der Waals surface area contributed by atoms with E-state index in [1.165, 1.54) is 12.8 Å². The lowest BCUT2D eigenvalue weighted by atomic mass is 9.97. The molecule has 2 rings (SSSR count). The Morgan fingerprint density at radius 1 is 0.955 bits per heavy atom. The van der Waals surface area contributed by atoms with E-state index in [9.17, 15) is 9.59 Å². The summed E-state index contributed by atoms with van der Waals surface area (Å²) in [6.45, 7) is 9.86. The molecule has 0 radical (unpaired) electrons. The van der Waals surface area contributed by atoms with Gasteiger partial charge in [-0.25, -0.2) is 4.79 Å². The van der Waals surface area contributed by atoms with Crippen molar-refractivity contribution >= 4 is 11.9 Å². The molecule has 1 aliphatic carbocycles. The summed E-state index contributed by atoms with van der Waals surface area (Å²) in [6, 6.07) is 0.00471. The average Bonchev–Trinajstić information content (AvgIpc) is 2.87. The highest BCUT2D eigenvalue weighted by molar-refractivity contribution is 5.79. The van der Waals surface area contributed by atoms with E-state index in [0.717, 1.165) is 32.4 Å². The standard InChI is InChI=1S/C17H31N3O2/c1-17(2,3)13-18-16(22)20-10-6-9-19(11-12-20)15(21)14-7-4-5-8-14/h14H,4-13H2,1-3H3,(H,18,22). The zero-order chi connectivity index (χ0) is 16.2. The second-order valence-corrected chi connectivity index (χ2v) is 7.87. The maximum absolute atomic E-state index is 12.5. The van der Waals surface area contributed by atoms with Crippen LogP contribution < -0.4 is 5.32 Å². The molecule has 1 heterocycles. The number of rotatable bonds is 2. The lowest BCUT2D eigenvalue weighted by Gasteiger charge is -2.26. The molecule has 2 fully saturated rings. The lowest BCUT2D eigenvalue weighted by Crippen LogP contribution is -2.45. The van der Waals surface area contributed by atoms with Crippen molar-refractivity contribution in [2.45, 2.75) is 52.9 Å². The van der Waals surface area contributed by atoms with Crippen LogP contribution in [0.25, 0.3) is 0 Å². The summed E-state index contributed by atoms with van der Waals surface area (Å²) in [5.74, 6) is 0.552. The van der Waals surface area contributed by atoms with Crippen LogP contribution in [0.15, 0.2) is 0 Å². The molecule has 0 aromatic rings. The van der Waals surface area contributed by atoms with Gasteiger partial charge in [-0.3, -0.25) is 4.79 Å². The molecule has 0 aromatic carbocycles. The molecule has 1 saturated heterocycles. The molecule has 1 N–H and O–H groups in total. The monoisotopic (exact) mass is 309 g/mol. The predicted molar refractivity (Wildman–Crippen MR) is 87.6 cm³/mol. The third kappa shape index (κ3) is 4.89. The Balaban J connectivity index is 1.81. The Morgan fingerprint density at radius 2 is 1.55 bits per heavy atom. The molecule has 1 aliphatic heterocycles. The SMILES string of the molecule is CC(C)(C)CNC(=O)N1CCCN(C(=O)C2CCCC2)CC1. The van der Waals surface area contributed by atoms with Gasteiger partial charge in [0.25, 0.3) is 0 Å². The Kier molecular flexibility index (Phi) is 5.70. The highest BCUT2D eigenvalue weighted by Gasteiger charge is 2.29. The summed E-state index contributed by atoms with van der Waals surface area (Å²) in [4.78, 5) is 28.6. The van der Waals surface area contributed by atoms with E-state index in [1.807, 2.05) is 9.80 Å². The van der Waals surface area contributed by atoms with Crippen LogP contribution in [0.1, 0.15) is 52.9 Å². The van der Waals surface area contributed by atoms with Gasteiger partial charge in [-0.05, 0) is 24.7 Å². The van der Waals surface area contributed by atoms with Gasteiger partial charge in [-0.1, -0.05) is 33.6 Å². The van der Waals surface area contributed by atoms with E-state index in [0.29, 0.717) is 25.5 Å². The third-order valence-electron chi connectivity index (χ3n) is 4.57. The van der Waals surface area contributed by atoms with Gasteiger partial charge in [0, 0.05) is 38.6 Å². The fourth-order valence-electron chi connectivity index (χ4n) is 3.22. The molecule has 0 atom stereocenters. The highest BCUT2D eigenvalue weighted by Crippen LogP contribution is 2.26. The molecule has 1 saturated carbocycles. The summed E-state index contributed by atoms with van der Waals surface area (Å²) >= 11 is 0. The first-order chi connectivity index (χ1) is 10.4. The summed E-state index contributed by atoms with van der Waals surface area (Å²) in [7, 11) is 0. The fourth-order valence-corrected chi connectivity index (χ4v) is 3.22. The van der Waals surface area contributed by atoms with E-state index >= 15 is 0 Å². The van der Waals surface area contributed by atoms with Crippen molar-refractivity contribution < 1.29 is 9.59 Å². The zero-order valence-corrected chi connectivity index (χ0v) is 14.4. The average molecular weight is 309 g/mol. The number of amides is 3. The van der Waals surface area contributed by atoms with E-state index < -0.39 is 0 Å². The minimum atomic E-state index is 0.00471. The van der Waals surface area contributed by atoms with E-state index in [4.69, 9.17) is 0 Å². The first kappa shape index (κ1) is 17.1. The topological polar surface area (TPSA) is 52.7 Å². The maximum atomic E-state index is 12.5. The van der Waals surface area contributed by atoms with Gasteiger partial charge in [-0.15, -0.1) is 0 Å². The number of hydrogen-bond acceptors (Lipinski definition) is 2. The molecular formula is C17H31N3O2. The minimum Gasteiger partial charge on any atom is -0.341 e. The van der Waals surface area contributed by atoms with Gasteiger partial charge < -0.3 is 15.1 Å². The van der Waals surface area contributed by atoms with Gasteiger partial charge in [0.15, 0.2) is 0 Å². The van der Waals surface area contributed by atoms with Crippen LogP contribution >= 0.6 is 0 Å². The minimum absolute atomic E-state index is 0.00471. The number of carbonyl (C=O) groups excluding carboxylic acids is 2. The van der Waals surface area contributed by atoms with E-state index in [-0.39, 0.29) is 17.4 Å². The molecule has 126 valence electrons. The Hall–Kier alpha value is -1.26. The molecule has 0 unspecified atom stereocenters. The predicted octanol–water partition coefficient (Wildman–Crippen LogP) is 2.47. The van der Waals surface area contributed by atoms with Crippen molar-refractivity contribution in [3.63, 3.8) is 0 Å². The molecule has 0 bridgehead atoms. The van der Waals surface area contributed by atoms with Crippen molar-refractivity contribution in [1.82, 2.24) is 15.1 Å². The maximum Gasteiger partial charge on any atom is 0.317 e. The lowest BCUT2D eigenvalue weighted by molar-refractivity contribution is -0.135. The number of nitrogens with one attached hydrogen (secondary N) is 1. The van der Waals surface area contributed by atoms with Crippen LogP contribution in [0, 0.1) is 11.3 Å². The molecule has 0 spiro atoms. The van der Waals surface area contributed by atoms with Gasteiger partial charge in [-0.2, -0.15) is 0 Å². The molecular weight excluding hydrogens is 278 g/mol. The number of hydrogen-bond donors (Lipinski definition) is 1. The van der Waals surface area contributed by atoms with E-state index in [2.05, 4.69) is 26.1 Å². The molecule has 5 nitrogen and oxygen atoms in total. The van der Waals surface area contributed by atoms with Crippen LogP contribution in [0.2, 0.25) is 0 Å². The number of carbonyl (C=O) groups is 2. The Morgan fingerprint density at radius 3 is 2.18 bits per heavy atom. The van der Waals surface area contributed by atoms with Crippen molar-refractivity contribution in [2.24, 2.45) is 11.3 Å². The third-order valence-corrected chi connectivity index (χ3v) is 4.57. The first-order valence-electron chi connectivity index (χ1n) is 8.68. The van der Waals surface area contributed by atoms with Gasteiger partial charge in [0.2, 0.25) is 5.91 Å². The van der Waals surface area contributed by atoms with Crippen molar-refractivity contribution in [1.29, 1.82) is 0 Å².